The molecule has 0 aliphatic heterocycles. The summed E-state index contributed by atoms with van der Waals surface area (Å²) in [5, 5.41) is 5.10. The number of halogens is 2. The van der Waals surface area contributed by atoms with E-state index in [4.69, 9.17) is 23.2 Å². The molecule has 6 heteroatoms. The fourth-order valence-electron chi connectivity index (χ4n) is 1.79. The highest BCUT2D eigenvalue weighted by atomic mass is 35.5. The van der Waals surface area contributed by atoms with Gasteiger partial charge in [-0.25, -0.2) is 4.98 Å². The second kappa shape index (κ2) is 6.66. The Morgan fingerprint density at radius 3 is 2.79 bits per heavy atom. The molecule has 2 rings (SSSR count). The minimum atomic E-state index is 0.537. The first kappa shape index (κ1) is 14.7. The van der Waals surface area contributed by atoms with Crippen LogP contribution >= 0.6 is 34.5 Å². The summed E-state index contributed by atoms with van der Waals surface area (Å²) in [6.07, 6.45) is 3.64. The monoisotopic (exact) mass is 315 g/mol. The first-order valence-corrected chi connectivity index (χ1v) is 7.67. The lowest BCUT2D eigenvalue weighted by Gasteiger charge is -1.99. The zero-order valence-corrected chi connectivity index (χ0v) is 13.2. The van der Waals surface area contributed by atoms with Crippen LogP contribution in [-0.2, 0) is 13.0 Å². The topological polar surface area (TPSA) is 37.8 Å². The standard InChI is InChI=1S/C13H15Cl2N3S/c1-3-4-10-11(7-16-2)19-13(18-10)12-9(15)5-8(14)6-17-12/h5-6,16H,3-4,7H2,1-2H3. The Kier molecular flexibility index (Phi) is 5.16. The summed E-state index contributed by atoms with van der Waals surface area (Å²) in [5.74, 6) is 0. The molecule has 0 saturated carbocycles. The molecule has 1 N–H and O–H groups in total. The maximum Gasteiger partial charge on any atom is 0.143 e. The lowest BCUT2D eigenvalue weighted by Crippen LogP contribution is -2.05. The van der Waals surface area contributed by atoms with Gasteiger partial charge < -0.3 is 5.32 Å². The highest BCUT2D eigenvalue weighted by molar-refractivity contribution is 7.15. The van der Waals surface area contributed by atoms with Crippen molar-refractivity contribution in [2.24, 2.45) is 0 Å². The van der Waals surface area contributed by atoms with E-state index in [0.29, 0.717) is 15.7 Å². The van der Waals surface area contributed by atoms with E-state index in [0.717, 1.165) is 30.1 Å². The fourth-order valence-corrected chi connectivity index (χ4v) is 3.44. The van der Waals surface area contributed by atoms with E-state index in [1.807, 2.05) is 7.05 Å². The third-order valence-electron chi connectivity index (χ3n) is 2.61. The first-order chi connectivity index (χ1) is 9.15. The number of aromatic nitrogens is 2. The molecule has 0 bridgehead atoms. The molecule has 0 saturated heterocycles. The van der Waals surface area contributed by atoms with E-state index < -0.39 is 0 Å². The highest BCUT2D eigenvalue weighted by Gasteiger charge is 2.15. The van der Waals surface area contributed by atoms with Crippen molar-refractivity contribution >= 4 is 34.5 Å². The number of nitrogens with zero attached hydrogens (tertiary/aromatic N) is 2. The number of hydrogen-bond acceptors (Lipinski definition) is 4. The summed E-state index contributed by atoms with van der Waals surface area (Å²) < 4.78 is 0. The van der Waals surface area contributed by atoms with Crippen LogP contribution in [0.3, 0.4) is 0 Å². The Morgan fingerprint density at radius 2 is 2.16 bits per heavy atom. The average molecular weight is 316 g/mol. The number of pyridine rings is 1. The van der Waals surface area contributed by atoms with Crippen LogP contribution < -0.4 is 5.32 Å². The molecule has 0 atom stereocenters. The van der Waals surface area contributed by atoms with Gasteiger partial charge in [0.05, 0.1) is 15.7 Å². The zero-order valence-electron chi connectivity index (χ0n) is 10.8. The van der Waals surface area contributed by atoms with E-state index >= 15 is 0 Å². The maximum absolute atomic E-state index is 6.18. The Bertz CT molecular complexity index is 546. The second-order valence-electron chi connectivity index (χ2n) is 4.15. The van der Waals surface area contributed by atoms with E-state index in [9.17, 15) is 0 Å². The molecule has 19 heavy (non-hydrogen) atoms. The number of thiazole rings is 1. The van der Waals surface area contributed by atoms with Crippen molar-refractivity contribution < 1.29 is 0 Å². The molecular weight excluding hydrogens is 301 g/mol. The number of hydrogen-bond donors (Lipinski definition) is 1. The molecule has 2 aromatic heterocycles. The van der Waals surface area contributed by atoms with Crippen molar-refractivity contribution in [2.45, 2.75) is 26.3 Å². The Hall–Kier alpha value is -0.680. The molecule has 0 fully saturated rings. The second-order valence-corrected chi connectivity index (χ2v) is 6.08. The molecule has 0 aliphatic rings. The van der Waals surface area contributed by atoms with Gasteiger partial charge >= 0.3 is 0 Å². The molecule has 102 valence electrons. The van der Waals surface area contributed by atoms with Crippen molar-refractivity contribution in [3.8, 4) is 10.7 Å². The molecule has 0 unspecified atom stereocenters. The minimum absolute atomic E-state index is 0.537. The van der Waals surface area contributed by atoms with Gasteiger partial charge in [0.15, 0.2) is 0 Å². The number of nitrogens with one attached hydrogen (secondary N) is 1. The summed E-state index contributed by atoms with van der Waals surface area (Å²) in [7, 11) is 1.93. The van der Waals surface area contributed by atoms with E-state index in [-0.39, 0.29) is 0 Å². The molecule has 0 aliphatic carbocycles. The van der Waals surface area contributed by atoms with Crippen LogP contribution in [-0.4, -0.2) is 17.0 Å². The highest BCUT2D eigenvalue weighted by Crippen LogP contribution is 2.33. The minimum Gasteiger partial charge on any atom is -0.315 e. The molecule has 0 spiro atoms. The molecule has 0 radical (unpaired) electrons. The summed E-state index contributed by atoms with van der Waals surface area (Å²) in [6.45, 7) is 2.97. The lowest BCUT2D eigenvalue weighted by molar-refractivity contribution is 0.798. The number of aryl methyl sites for hydroxylation is 1. The van der Waals surface area contributed by atoms with Crippen LogP contribution in [0.25, 0.3) is 10.7 Å². The maximum atomic E-state index is 6.18. The molecular formula is C13H15Cl2N3S. The van der Waals surface area contributed by atoms with E-state index in [1.165, 1.54) is 4.88 Å². The molecule has 2 heterocycles. The molecule has 0 amide bonds. The van der Waals surface area contributed by atoms with Crippen molar-refractivity contribution in [1.29, 1.82) is 0 Å². The van der Waals surface area contributed by atoms with Crippen LogP contribution in [0.1, 0.15) is 23.9 Å². The Morgan fingerprint density at radius 1 is 1.37 bits per heavy atom. The largest absolute Gasteiger partial charge is 0.315 e. The van der Waals surface area contributed by atoms with Gasteiger partial charge in [0.2, 0.25) is 0 Å². The van der Waals surface area contributed by atoms with Crippen molar-refractivity contribution in [3.05, 3.63) is 32.9 Å². The van der Waals surface area contributed by atoms with Crippen molar-refractivity contribution in [3.63, 3.8) is 0 Å². The first-order valence-electron chi connectivity index (χ1n) is 6.10. The molecule has 0 aromatic carbocycles. The van der Waals surface area contributed by atoms with Crippen LogP contribution in [0.4, 0.5) is 0 Å². The van der Waals surface area contributed by atoms with Gasteiger partial charge in [0.1, 0.15) is 10.7 Å². The van der Waals surface area contributed by atoms with Crippen molar-refractivity contribution in [1.82, 2.24) is 15.3 Å². The van der Waals surface area contributed by atoms with Gasteiger partial charge in [0, 0.05) is 17.6 Å². The summed E-state index contributed by atoms with van der Waals surface area (Å²) in [6, 6.07) is 1.70. The van der Waals surface area contributed by atoms with Crippen LogP contribution in [0.2, 0.25) is 10.0 Å². The van der Waals surface area contributed by atoms with Crippen LogP contribution in [0, 0.1) is 0 Å². The predicted molar refractivity (Wildman–Crippen MR) is 82.1 cm³/mol. The van der Waals surface area contributed by atoms with Gasteiger partial charge in [-0.05, 0) is 19.5 Å². The van der Waals surface area contributed by atoms with Gasteiger partial charge in [-0.15, -0.1) is 11.3 Å². The van der Waals surface area contributed by atoms with Crippen molar-refractivity contribution in [2.75, 3.05) is 7.05 Å². The number of rotatable bonds is 5. The summed E-state index contributed by atoms with van der Waals surface area (Å²) in [4.78, 5) is 10.2. The van der Waals surface area contributed by atoms with E-state index in [1.54, 1.807) is 23.6 Å². The third-order valence-corrected chi connectivity index (χ3v) is 4.21. The van der Waals surface area contributed by atoms with E-state index in [2.05, 4.69) is 22.2 Å². The Balaban J connectivity index is 2.41. The van der Waals surface area contributed by atoms with Gasteiger partial charge in [-0.2, -0.15) is 0 Å². The third kappa shape index (κ3) is 3.45. The fraction of sp³-hybridized carbons (Fsp3) is 0.385. The SMILES string of the molecule is CCCc1nc(-c2ncc(Cl)cc2Cl)sc1CNC. The average Bonchev–Trinajstić information content (AvgIpc) is 2.73. The summed E-state index contributed by atoms with van der Waals surface area (Å²) >= 11 is 13.7. The lowest BCUT2D eigenvalue weighted by atomic mass is 10.2. The normalized spacial score (nSPS) is 10.9. The predicted octanol–water partition coefficient (Wildman–Crippen LogP) is 4.18. The van der Waals surface area contributed by atoms with Crippen LogP contribution in [0.15, 0.2) is 12.3 Å². The zero-order chi connectivity index (χ0) is 13.8. The van der Waals surface area contributed by atoms with Gasteiger partial charge in [0.25, 0.3) is 0 Å². The van der Waals surface area contributed by atoms with Crippen LogP contribution in [0.5, 0.6) is 0 Å². The summed E-state index contributed by atoms with van der Waals surface area (Å²) in [5.41, 5.74) is 1.83. The smallest absolute Gasteiger partial charge is 0.143 e. The quantitative estimate of drug-likeness (QED) is 0.899. The van der Waals surface area contributed by atoms with Gasteiger partial charge in [-0.1, -0.05) is 36.5 Å². The Labute approximate surface area is 127 Å². The molecule has 3 nitrogen and oxygen atoms in total. The molecule has 2 aromatic rings. The van der Waals surface area contributed by atoms with Gasteiger partial charge in [-0.3, -0.25) is 4.98 Å².